The molecule has 2 N–H and O–H groups in total. The molecule has 0 bridgehead atoms. The number of anilines is 1. The van der Waals surface area contributed by atoms with E-state index in [2.05, 4.69) is 42.9 Å². The summed E-state index contributed by atoms with van der Waals surface area (Å²) >= 11 is 0. The second-order valence-electron chi connectivity index (χ2n) is 5.27. The van der Waals surface area contributed by atoms with Crippen molar-refractivity contribution >= 4 is 5.82 Å². The molecule has 0 saturated heterocycles. The topological polar surface area (TPSA) is 61.0 Å². The number of nitrogens with two attached hydrogens (primary N) is 1. The van der Waals surface area contributed by atoms with Gasteiger partial charge in [0.25, 0.3) is 0 Å². The van der Waals surface area contributed by atoms with Gasteiger partial charge >= 0.3 is 0 Å². The number of nitrogen functional groups attached to an aromatic ring is 1. The summed E-state index contributed by atoms with van der Waals surface area (Å²) in [7, 11) is 0. The summed E-state index contributed by atoms with van der Waals surface area (Å²) < 4.78 is 5.88. The molecule has 0 spiro atoms. The normalized spacial score (nSPS) is 12.1. The number of nitrogens with zero attached hydrogens (tertiary/aromatic N) is 2. The Balaban J connectivity index is 2.20. The second kappa shape index (κ2) is 7.07. The van der Waals surface area contributed by atoms with Crippen molar-refractivity contribution in [2.45, 2.75) is 46.0 Å². The molecular formula is C17H23N3O. The first-order chi connectivity index (χ1) is 10.2. The highest BCUT2D eigenvalue weighted by Gasteiger charge is 2.11. The van der Waals surface area contributed by atoms with Gasteiger partial charge < -0.3 is 10.5 Å². The Morgan fingerprint density at radius 3 is 2.48 bits per heavy atom. The molecule has 2 aromatic rings. The van der Waals surface area contributed by atoms with E-state index in [-0.39, 0.29) is 0 Å². The fourth-order valence-corrected chi connectivity index (χ4v) is 2.19. The summed E-state index contributed by atoms with van der Waals surface area (Å²) in [6.45, 7) is 6.51. The summed E-state index contributed by atoms with van der Waals surface area (Å²) in [5.41, 5.74) is 8.11. The highest BCUT2D eigenvalue weighted by atomic mass is 16.5. The van der Waals surface area contributed by atoms with Crippen molar-refractivity contribution in [1.82, 2.24) is 9.97 Å². The summed E-state index contributed by atoms with van der Waals surface area (Å²) in [4.78, 5) is 8.25. The van der Waals surface area contributed by atoms with Crippen molar-refractivity contribution < 1.29 is 4.74 Å². The molecule has 0 saturated carbocycles. The molecule has 112 valence electrons. The lowest BCUT2D eigenvalue weighted by atomic mass is 9.99. The maximum atomic E-state index is 5.91. The molecule has 0 amide bonds. The fourth-order valence-electron chi connectivity index (χ4n) is 2.19. The summed E-state index contributed by atoms with van der Waals surface area (Å²) in [6.07, 6.45) is 4.36. The monoisotopic (exact) mass is 285 g/mol. The predicted molar refractivity (Wildman–Crippen MR) is 85.7 cm³/mol. The fraction of sp³-hybridized carbons (Fsp3) is 0.412. The van der Waals surface area contributed by atoms with Crippen LogP contribution in [0.1, 0.15) is 50.7 Å². The highest BCUT2D eigenvalue weighted by Crippen LogP contribution is 2.28. The Bertz CT molecular complexity index is 581. The van der Waals surface area contributed by atoms with Gasteiger partial charge in [0.1, 0.15) is 17.9 Å². The number of ether oxygens (including phenoxy) is 1. The van der Waals surface area contributed by atoms with Gasteiger partial charge in [-0.3, -0.25) is 0 Å². The molecule has 0 aliphatic carbocycles. The third-order valence-corrected chi connectivity index (χ3v) is 3.72. The third-order valence-electron chi connectivity index (χ3n) is 3.72. The van der Waals surface area contributed by atoms with Crippen molar-refractivity contribution in [3.05, 3.63) is 41.7 Å². The Hall–Kier alpha value is -2.10. The van der Waals surface area contributed by atoms with Gasteiger partial charge in [-0.25, -0.2) is 9.97 Å². The van der Waals surface area contributed by atoms with Crippen molar-refractivity contribution in [1.29, 1.82) is 0 Å². The molecule has 1 atom stereocenters. The molecule has 0 aliphatic heterocycles. The number of hydrogen-bond acceptors (Lipinski definition) is 4. The van der Waals surface area contributed by atoms with Gasteiger partial charge in [-0.1, -0.05) is 39.3 Å². The minimum absolute atomic E-state index is 0.498. The van der Waals surface area contributed by atoms with E-state index in [0.29, 0.717) is 17.6 Å². The van der Waals surface area contributed by atoms with E-state index in [1.54, 1.807) is 0 Å². The molecule has 21 heavy (non-hydrogen) atoms. The quantitative estimate of drug-likeness (QED) is 0.858. The van der Waals surface area contributed by atoms with E-state index < -0.39 is 0 Å². The van der Waals surface area contributed by atoms with Gasteiger partial charge in [0.15, 0.2) is 0 Å². The van der Waals surface area contributed by atoms with Gasteiger partial charge in [0.2, 0.25) is 5.88 Å². The van der Waals surface area contributed by atoms with E-state index in [1.807, 2.05) is 12.1 Å². The van der Waals surface area contributed by atoms with Crippen LogP contribution in [0.25, 0.3) is 0 Å². The van der Waals surface area contributed by atoms with Crippen molar-refractivity contribution in [2.24, 2.45) is 0 Å². The minimum atomic E-state index is 0.498. The van der Waals surface area contributed by atoms with Gasteiger partial charge in [0, 0.05) is 0 Å². The van der Waals surface area contributed by atoms with E-state index >= 15 is 0 Å². The molecule has 2 rings (SSSR count). The molecule has 1 aromatic heterocycles. The third kappa shape index (κ3) is 3.72. The number of hydrogen-bond donors (Lipinski definition) is 1. The molecular weight excluding hydrogens is 262 g/mol. The van der Waals surface area contributed by atoms with Crippen LogP contribution < -0.4 is 10.5 Å². The smallest absolute Gasteiger partial charge is 0.227 e. The molecule has 4 heteroatoms. The molecule has 1 unspecified atom stereocenters. The van der Waals surface area contributed by atoms with Crippen LogP contribution in [-0.4, -0.2) is 9.97 Å². The first-order valence-corrected chi connectivity index (χ1v) is 7.52. The first-order valence-electron chi connectivity index (χ1n) is 7.52. The molecule has 0 aliphatic rings. The number of benzene rings is 1. The lowest BCUT2D eigenvalue weighted by molar-refractivity contribution is 0.454. The first kappa shape index (κ1) is 15.3. The summed E-state index contributed by atoms with van der Waals surface area (Å²) in [5.74, 6) is 2.39. The summed E-state index contributed by atoms with van der Waals surface area (Å²) in [6, 6.07) is 8.17. The molecule has 0 radical (unpaired) electrons. The van der Waals surface area contributed by atoms with Crippen LogP contribution >= 0.6 is 0 Å². The van der Waals surface area contributed by atoms with Gasteiger partial charge in [-0.15, -0.1) is 0 Å². The Labute approximate surface area is 126 Å². The van der Waals surface area contributed by atoms with E-state index in [0.717, 1.165) is 30.6 Å². The molecule has 1 heterocycles. The van der Waals surface area contributed by atoms with Crippen LogP contribution in [0.2, 0.25) is 0 Å². The van der Waals surface area contributed by atoms with Crippen LogP contribution in [0.4, 0.5) is 5.82 Å². The standard InChI is InChI=1S/C17H23N3O/c1-4-6-15-16(18)19-11-20-17(15)21-14-9-7-13(8-10-14)12(3)5-2/h7-12H,4-6H2,1-3H3,(H2,18,19,20). The number of rotatable bonds is 6. The largest absolute Gasteiger partial charge is 0.439 e. The average molecular weight is 285 g/mol. The highest BCUT2D eigenvalue weighted by molar-refractivity contribution is 5.46. The molecule has 0 fully saturated rings. The van der Waals surface area contributed by atoms with Crippen LogP contribution in [0, 0.1) is 0 Å². The Morgan fingerprint density at radius 1 is 1.14 bits per heavy atom. The van der Waals surface area contributed by atoms with E-state index in [9.17, 15) is 0 Å². The Kier molecular flexibility index (Phi) is 5.14. The van der Waals surface area contributed by atoms with Crippen LogP contribution in [0.15, 0.2) is 30.6 Å². The SMILES string of the molecule is CCCc1c(N)ncnc1Oc1ccc(C(C)CC)cc1. The maximum absolute atomic E-state index is 5.91. The zero-order valence-electron chi connectivity index (χ0n) is 13.0. The second-order valence-corrected chi connectivity index (χ2v) is 5.27. The molecule has 1 aromatic carbocycles. The van der Waals surface area contributed by atoms with Crippen LogP contribution in [0.3, 0.4) is 0 Å². The lowest BCUT2D eigenvalue weighted by Crippen LogP contribution is -2.02. The van der Waals surface area contributed by atoms with Gasteiger partial charge in [0.05, 0.1) is 5.56 Å². The van der Waals surface area contributed by atoms with Gasteiger partial charge in [-0.2, -0.15) is 0 Å². The lowest BCUT2D eigenvalue weighted by Gasteiger charge is -2.12. The number of aromatic nitrogens is 2. The summed E-state index contributed by atoms with van der Waals surface area (Å²) in [5, 5.41) is 0. The minimum Gasteiger partial charge on any atom is -0.439 e. The predicted octanol–water partition coefficient (Wildman–Crippen LogP) is 4.32. The molecule has 4 nitrogen and oxygen atoms in total. The zero-order chi connectivity index (χ0) is 15.2. The zero-order valence-corrected chi connectivity index (χ0v) is 13.0. The average Bonchev–Trinajstić information content (AvgIpc) is 2.51. The van der Waals surface area contributed by atoms with Crippen LogP contribution in [0.5, 0.6) is 11.6 Å². The maximum Gasteiger partial charge on any atom is 0.227 e. The van der Waals surface area contributed by atoms with Crippen molar-refractivity contribution in [3.8, 4) is 11.6 Å². The van der Waals surface area contributed by atoms with E-state index in [4.69, 9.17) is 10.5 Å². The van der Waals surface area contributed by atoms with Crippen molar-refractivity contribution in [3.63, 3.8) is 0 Å². The van der Waals surface area contributed by atoms with Gasteiger partial charge in [-0.05, 0) is 36.5 Å². The van der Waals surface area contributed by atoms with Crippen LogP contribution in [-0.2, 0) is 6.42 Å². The Morgan fingerprint density at radius 2 is 1.86 bits per heavy atom. The van der Waals surface area contributed by atoms with Crippen molar-refractivity contribution in [2.75, 3.05) is 5.73 Å². The van der Waals surface area contributed by atoms with E-state index in [1.165, 1.54) is 11.9 Å².